The van der Waals surface area contributed by atoms with E-state index in [0.29, 0.717) is 0 Å². The molecule has 280 valence electrons. The molecule has 60 heavy (non-hydrogen) atoms. The molecule has 0 saturated carbocycles. The largest absolute Gasteiger partial charge is 0.457 e. The fourth-order valence-corrected chi connectivity index (χ4v) is 10.6. The fraction of sp³-hybridized carbons (Fsp3) is 0.0175. The molecule has 1 aromatic heterocycles. The molecular formula is C57H36N2O. The van der Waals surface area contributed by atoms with E-state index in [9.17, 15) is 0 Å². The topological polar surface area (TPSA) is 17.4 Å². The summed E-state index contributed by atoms with van der Waals surface area (Å²) in [5.74, 6) is 1.73. The number of rotatable bonds is 4. The standard InChI is InChI=1S/C57H36N2O/c1-2-19-39(20-3-1)58(40-31-33-45-44-23-7-10-28-52(44)59(53(45)35-40)51-29-14-16-37-15-4-5-21-42(37)51)41-32-34-49-55(36-41)60-54-30-11-9-26-48(54)57(49)47-25-8-6-22-43(47)46-24-12-17-38-18-13-27-50(57)56(38)46/h1-36H. The highest BCUT2D eigenvalue weighted by molar-refractivity contribution is 6.12. The molecule has 1 atom stereocenters. The van der Waals surface area contributed by atoms with Crippen LogP contribution in [0.25, 0.3) is 60.2 Å². The second-order valence-electron chi connectivity index (χ2n) is 16.0. The smallest absolute Gasteiger partial charge is 0.134 e. The molecule has 11 aromatic rings. The van der Waals surface area contributed by atoms with Gasteiger partial charge >= 0.3 is 0 Å². The van der Waals surface area contributed by atoms with Gasteiger partial charge in [-0.1, -0.05) is 164 Å². The van der Waals surface area contributed by atoms with Gasteiger partial charge in [0.1, 0.15) is 11.5 Å². The lowest BCUT2D eigenvalue weighted by Gasteiger charge is -2.45. The van der Waals surface area contributed by atoms with Gasteiger partial charge in [0, 0.05) is 50.4 Å². The number of anilines is 3. The molecule has 1 aliphatic heterocycles. The monoisotopic (exact) mass is 764 g/mol. The predicted molar refractivity (Wildman–Crippen MR) is 248 cm³/mol. The Morgan fingerprint density at radius 2 is 0.983 bits per heavy atom. The van der Waals surface area contributed by atoms with Crippen molar-refractivity contribution in [1.82, 2.24) is 4.57 Å². The molecule has 0 amide bonds. The Balaban J connectivity index is 1.07. The first kappa shape index (κ1) is 33.1. The average Bonchev–Trinajstić information content (AvgIpc) is 3.64. The molecule has 13 rings (SSSR count). The fourth-order valence-electron chi connectivity index (χ4n) is 10.6. The van der Waals surface area contributed by atoms with E-state index in [4.69, 9.17) is 4.74 Å². The average molecular weight is 765 g/mol. The van der Waals surface area contributed by atoms with Crippen LogP contribution in [-0.2, 0) is 5.41 Å². The van der Waals surface area contributed by atoms with Crippen molar-refractivity contribution in [3.63, 3.8) is 0 Å². The Hall–Kier alpha value is -7.88. The van der Waals surface area contributed by atoms with Crippen LogP contribution in [0.3, 0.4) is 0 Å². The van der Waals surface area contributed by atoms with Crippen molar-refractivity contribution in [3.8, 4) is 28.3 Å². The highest BCUT2D eigenvalue weighted by atomic mass is 16.5. The summed E-state index contributed by atoms with van der Waals surface area (Å²) >= 11 is 0. The number of ether oxygens (including phenoxy) is 1. The quantitative estimate of drug-likeness (QED) is 0.178. The Morgan fingerprint density at radius 1 is 0.367 bits per heavy atom. The molecule has 1 unspecified atom stereocenters. The molecule has 1 spiro atoms. The summed E-state index contributed by atoms with van der Waals surface area (Å²) in [5.41, 5.74) is 13.4. The van der Waals surface area contributed by atoms with E-state index in [2.05, 4.69) is 228 Å². The highest BCUT2D eigenvalue weighted by Gasteiger charge is 2.49. The summed E-state index contributed by atoms with van der Waals surface area (Å²) in [7, 11) is 0. The molecule has 0 saturated heterocycles. The molecule has 2 aliphatic rings. The van der Waals surface area contributed by atoms with Gasteiger partial charge in [-0.2, -0.15) is 0 Å². The van der Waals surface area contributed by atoms with Gasteiger partial charge in [0.25, 0.3) is 0 Å². The molecule has 0 fully saturated rings. The third-order valence-electron chi connectivity index (χ3n) is 13.0. The number of hydrogen-bond acceptors (Lipinski definition) is 2. The van der Waals surface area contributed by atoms with Gasteiger partial charge in [0.05, 0.1) is 22.1 Å². The van der Waals surface area contributed by atoms with E-state index in [-0.39, 0.29) is 0 Å². The van der Waals surface area contributed by atoms with Gasteiger partial charge in [-0.3, -0.25) is 0 Å². The maximum absolute atomic E-state index is 7.06. The van der Waals surface area contributed by atoms with Crippen molar-refractivity contribution in [3.05, 3.63) is 241 Å². The van der Waals surface area contributed by atoms with Crippen LogP contribution in [0.2, 0.25) is 0 Å². The van der Waals surface area contributed by atoms with Crippen molar-refractivity contribution < 1.29 is 4.74 Å². The summed E-state index contributed by atoms with van der Waals surface area (Å²) in [6.45, 7) is 0. The van der Waals surface area contributed by atoms with Crippen LogP contribution in [0.15, 0.2) is 218 Å². The third-order valence-corrected chi connectivity index (χ3v) is 13.0. The zero-order valence-electron chi connectivity index (χ0n) is 32.6. The molecule has 0 radical (unpaired) electrons. The zero-order valence-corrected chi connectivity index (χ0v) is 32.6. The van der Waals surface area contributed by atoms with Crippen molar-refractivity contribution >= 4 is 60.4 Å². The first-order valence-corrected chi connectivity index (χ1v) is 20.7. The van der Waals surface area contributed by atoms with Crippen molar-refractivity contribution in [2.45, 2.75) is 5.41 Å². The third kappa shape index (κ3) is 4.49. The van der Waals surface area contributed by atoms with E-state index >= 15 is 0 Å². The Bertz CT molecular complexity index is 3540. The molecular weight excluding hydrogens is 729 g/mol. The van der Waals surface area contributed by atoms with E-state index in [1.165, 1.54) is 65.8 Å². The van der Waals surface area contributed by atoms with Crippen LogP contribution in [0.5, 0.6) is 11.5 Å². The number of aromatic nitrogens is 1. The number of para-hydroxylation sites is 3. The van der Waals surface area contributed by atoms with Crippen LogP contribution < -0.4 is 9.64 Å². The lowest BCUT2D eigenvalue weighted by molar-refractivity contribution is 0.435. The molecule has 2 heterocycles. The van der Waals surface area contributed by atoms with Gasteiger partial charge in [-0.05, 0) is 86.9 Å². The summed E-state index contributed by atoms with van der Waals surface area (Å²) in [6.07, 6.45) is 0. The molecule has 0 bridgehead atoms. The molecule has 0 N–H and O–H groups in total. The number of hydrogen-bond donors (Lipinski definition) is 0. The maximum Gasteiger partial charge on any atom is 0.134 e. The molecule has 3 nitrogen and oxygen atoms in total. The van der Waals surface area contributed by atoms with Crippen molar-refractivity contribution in [2.75, 3.05) is 4.90 Å². The summed E-state index contributed by atoms with van der Waals surface area (Å²) in [6, 6.07) is 79.6. The second-order valence-corrected chi connectivity index (χ2v) is 16.0. The van der Waals surface area contributed by atoms with Gasteiger partial charge in [0.15, 0.2) is 0 Å². The van der Waals surface area contributed by atoms with Crippen LogP contribution in [-0.4, -0.2) is 4.57 Å². The summed E-state index contributed by atoms with van der Waals surface area (Å²) < 4.78 is 9.50. The first-order valence-electron chi connectivity index (χ1n) is 20.7. The summed E-state index contributed by atoms with van der Waals surface area (Å²) in [4.78, 5) is 2.37. The van der Waals surface area contributed by atoms with Gasteiger partial charge in [-0.15, -0.1) is 0 Å². The van der Waals surface area contributed by atoms with Crippen LogP contribution in [0.4, 0.5) is 17.1 Å². The normalized spacial score (nSPS) is 14.9. The van der Waals surface area contributed by atoms with Crippen LogP contribution in [0, 0.1) is 0 Å². The Morgan fingerprint density at radius 3 is 1.90 bits per heavy atom. The Kier molecular flexibility index (Phi) is 6.93. The van der Waals surface area contributed by atoms with E-state index in [0.717, 1.165) is 45.2 Å². The molecule has 3 heteroatoms. The SMILES string of the molecule is c1ccc(N(c2ccc3c(c2)Oc2ccccc2C32c3ccccc3-c3cccc4cccc2c34)c2ccc3c4ccccc4n(-c4cccc5ccccc45)c3c2)cc1. The van der Waals surface area contributed by atoms with Gasteiger partial charge in [0.2, 0.25) is 0 Å². The lowest BCUT2D eigenvalue weighted by atomic mass is 9.58. The number of fused-ring (bicyclic) bond motifs is 12. The minimum atomic E-state index is -0.594. The van der Waals surface area contributed by atoms with Crippen LogP contribution in [0.1, 0.15) is 22.3 Å². The van der Waals surface area contributed by atoms with Crippen molar-refractivity contribution in [2.24, 2.45) is 0 Å². The first-order chi connectivity index (χ1) is 29.8. The number of nitrogens with zero attached hydrogens (tertiary/aromatic N) is 2. The van der Waals surface area contributed by atoms with Gasteiger partial charge in [-0.25, -0.2) is 0 Å². The minimum Gasteiger partial charge on any atom is -0.457 e. The second kappa shape index (κ2) is 12.6. The molecule has 10 aromatic carbocycles. The van der Waals surface area contributed by atoms with E-state index in [1.54, 1.807) is 0 Å². The van der Waals surface area contributed by atoms with Gasteiger partial charge < -0.3 is 14.2 Å². The van der Waals surface area contributed by atoms with Crippen LogP contribution >= 0.6 is 0 Å². The summed E-state index contributed by atoms with van der Waals surface area (Å²) in [5, 5.41) is 7.42. The van der Waals surface area contributed by atoms with Crippen molar-refractivity contribution in [1.29, 1.82) is 0 Å². The predicted octanol–water partition coefficient (Wildman–Crippen LogP) is 15.0. The number of benzene rings is 10. The Labute approximate surface area is 347 Å². The lowest BCUT2D eigenvalue weighted by Crippen LogP contribution is -2.36. The van der Waals surface area contributed by atoms with E-state index in [1.807, 2.05) is 0 Å². The van der Waals surface area contributed by atoms with E-state index < -0.39 is 5.41 Å². The minimum absolute atomic E-state index is 0.594. The molecule has 1 aliphatic carbocycles. The highest BCUT2D eigenvalue weighted by Crippen LogP contribution is 2.61. The zero-order chi connectivity index (χ0) is 39.4. The maximum atomic E-state index is 7.06.